The molecular weight excluding hydrogens is 448 g/mol. The van der Waals surface area contributed by atoms with Crippen LogP contribution in [0.2, 0.25) is 5.02 Å². The van der Waals surface area contributed by atoms with Crippen LogP contribution in [0.25, 0.3) is 0 Å². The molecule has 0 saturated carbocycles. The zero-order valence-electron chi connectivity index (χ0n) is 18.1. The van der Waals surface area contributed by atoms with Crippen molar-refractivity contribution in [3.63, 3.8) is 0 Å². The van der Waals surface area contributed by atoms with Crippen molar-refractivity contribution in [2.75, 3.05) is 24.0 Å². The van der Waals surface area contributed by atoms with E-state index in [0.717, 1.165) is 11.1 Å². The number of hydrogen-bond donors (Lipinski definition) is 1. The Morgan fingerprint density at radius 1 is 1.12 bits per heavy atom. The van der Waals surface area contributed by atoms with Crippen LogP contribution in [0, 0.1) is 18.8 Å². The molecule has 0 unspecified atom stereocenters. The van der Waals surface area contributed by atoms with E-state index in [1.54, 1.807) is 36.0 Å². The lowest BCUT2D eigenvalue weighted by atomic mass is 9.78. The van der Waals surface area contributed by atoms with Crippen molar-refractivity contribution < 1.29 is 19.1 Å². The van der Waals surface area contributed by atoms with Crippen LogP contribution in [0.3, 0.4) is 0 Å². The van der Waals surface area contributed by atoms with Gasteiger partial charge in [-0.1, -0.05) is 41.4 Å². The van der Waals surface area contributed by atoms with Gasteiger partial charge in [0, 0.05) is 11.1 Å². The summed E-state index contributed by atoms with van der Waals surface area (Å²) in [5, 5.41) is 3.94. The van der Waals surface area contributed by atoms with Gasteiger partial charge in [0.2, 0.25) is 11.8 Å². The number of hydrogen-bond acceptors (Lipinski definition) is 6. The Morgan fingerprint density at radius 2 is 1.78 bits per heavy atom. The van der Waals surface area contributed by atoms with Gasteiger partial charge in [-0.15, -0.1) is 0 Å². The van der Waals surface area contributed by atoms with Crippen molar-refractivity contribution in [3.8, 4) is 0 Å². The zero-order chi connectivity index (χ0) is 23.0. The van der Waals surface area contributed by atoms with Crippen LogP contribution >= 0.6 is 23.4 Å². The molecule has 6 nitrogen and oxygen atoms in total. The van der Waals surface area contributed by atoms with Crippen molar-refractivity contribution in [3.05, 3.63) is 64.7 Å². The second kappa shape index (κ2) is 8.89. The van der Waals surface area contributed by atoms with Crippen LogP contribution in [0.4, 0.5) is 5.69 Å². The van der Waals surface area contributed by atoms with Crippen LogP contribution < -0.4 is 10.2 Å². The normalized spacial score (nSPS) is 27.0. The predicted octanol–water partition coefficient (Wildman–Crippen LogP) is 3.76. The molecule has 2 fully saturated rings. The minimum atomic E-state index is -1.29. The highest BCUT2D eigenvalue weighted by Gasteiger charge is 2.68. The maximum Gasteiger partial charge on any atom is 0.326 e. The number of carbonyl (C=O) groups excluding carboxylic acids is 3. The lowest BCUT2D eigenvalue weighted by Crippen LogP contribution is -2.56. The number of ether oxygens (including phenoxy) is 1. The second-order valence-electron chi connectivity index (χ2n) is 8.23. The first kappa shape index (κ1) is 22.8. The van der Waals surface area contributed by atoms with Crippen molar-refractivity contribution >= 4 is 46.8 Å². The van der Waals surface area contributed by atoms with Gasteiger partial charge in [0.1, 0.15) is 5.54 Å². The number of halogens is 1. The van der Waals surface area contributed by atoms with Crippen molar-refractivity contribution in [2.45, 2.75) is 24.9 Å². The van der Waals surface area contributed by atoms with Crippen LogP contribution in [0.15, 0.2) is 48.5 Å². The lowest BCUT2D eigenvalue weighted by molar-refractivity contribution is -0.152. The topological polar surface area (TPSA) is 75.7 Å². The van der Waals surface area contributed by atoms with Gasteiger partial charge in [-0.05, 0) is 55.2 Å². The molecule has 0 aromatic heterocycles. The highest BCUT2D eigenvalue weighted by molar-refractivity contribution is 7.98. The molecule has 32 heavy (non-hydrogen) atoms. The monoisotopic (exact) mass is 472 g/mol. The molecule has 4 rings (SSSR count). The quantitative estimate of drug-likeness (QED) is 0.509. The van der Waals surface area contributed by atoms with E-state index in [-0.39, 0.29) is 11.8 Å². The van der Waals surface area contributed by atoms with Crippen LogP contribution in [0.1, 0.15) is 23.6 Å². The first-order valence-corrected chi connectivity index (χ1v) is 12.2. The molecule has 0 aliphatic carbocycles. The molecule has 4 atom stereocenters. The van der Waals surface area contributed by atoms with Gasteiger partial charge in [-0.3, -0.25) is 19.7 Å². The highest BCUT2D eigenvalue weighted by atomic mass is 35.5. The number of carbonyl (C=O) groups is 3. The number of benzene rings is 2. The molecule has 2 aromatic rings. The summed E-state index contributed by atoms with van der Waals surface area (Å²) in [6.45, 7) is 1.94. The maximum atomic E-state index is 13.7. The van der Waals surface area contributed by atoms with Crippen molar-refractivity contribution in [1.82, 2.24) is 5.32 Å². The number of nitrogens with zero attached hydrogens (tertiary/aromatic N) is 1. The second-order valence-corrected chi connectivity index (χ2v) is 9.65. The third kappa shape index (κ3) is 3.62. The Bertz CT molecular complexity index is 1040. The molecule has 8 heteroatoms. The molecule has 2 amide bonds. The Kier molecular flexibility index (Phi) is 6.34. The number of amides is 2. The summed E-state index contributed by atoms with van der Waals surface area (Å²) in [7, 11) is 1.31. The van der Waals surface area contributed by atoms with E-state index in [1.165, 1.54) is 12.0 Å². The summed E-state index contributed by atoms with van der Waals surface area (Å²) in [6.07, 6.45) is 2.31. The summed E-state index contributed by atoms with van der Waals surface area (Å²) in [6, 6.07) is 13.9. The molecule has 168 valence electrons. The van der Waals surface area contributed by atoms with Crippen LogP contribution in [-0.2, 0) is 19.1 Å². The molecule has 1 N–H and O–H groups in total. The Morgan fingerprint density at radius 3 is 2.38 bits per heavy atom. The number of imide groups is 1. The van der Waals surface area contributed by atoms with Gasteiger partial charge in [0.25, 0.3) is 0 Å². The predicted molar refractivity (Wildman–Crippen MR) is 126 cm³/mol. The molecular formula is C24H25ClN2O4S. The first-order valence-electron chi connectivity index (χ1n) is 10.4. The third-order valence-corrected chi connectivity index (χ3v) is 7.29. The fourth-order valence-electron chi connectivity index (χ4n) is 4.87. The fraction of sp³-hybridized carbons (Fsp3) is 0.375. The number of aryl methyl sites for hydroxylation is 1. The molecule has 2 aliphatic rings. The number of esters is 1. The largest absolute Gasteiger partial charge is 0.468 e. The number of thioether (sulfide) groups is 1. The molecule has 2 aromatic carbocycles. The zero-order valence-corrected chi connectivity index (χ0v) is 19.7. The van der Waals surface area contributed by atoms with Crippen LogP contribution in [0.5, 0.6) is 0 Å². The molecule has 2 saturated heterocycles. The lowest BCUT2D eigenvalue weighted by Gasteiger charge is -2.32. The molecule has 0 bridgehead atoms. The minimum Gasteiger partial charge on any atom is -0.468 e. The Labute approximate surface area is 196 Å². The van der Waals surface area contributed by atoms with E-state index in [9.17, 15) is 14.4 Å². The van der Waals surface area contributed by atoms with E-state index in [2.05, 4.69) is 5.32 Å². The number of fused-ring (bicyclic) bond motifs is 1. The van der Waals surface area contributed by atoms with E-state index in [1.807, 2.05) is 37.4 Å². The van der Waals surface area contributed by atoms with E-state index in [4.69, 9.17) is 16.3 Å². The number of methoxy groups -OCH3 is 1. The summed E-state index contributed by atoms with van der Waals surface area (Å²) in [4.78, 5) is 41.8. The van der Waals surface area contributed by atoms with E-state index >= 15 is 0 Å². The molecule has 2 aliphatic heterocycles. The summed E-state index contributed by atoms with van der Waals surface area (Å²) in [5.74, 6) is -2.18. The van der Waals surface area contributed by atoms with Crippen LogP contribution in [-0.4, -0.2) is 42.4 Å². The average molecular weight is 473 g/mol. The van der Waals surface area contributed by atoms with Crippen molar-refractivity contribution in [1.29, 1.82) is 0 Å². The third-order valence-electron chi connectivity index (χ3n) is 6.43. The standard InChI is InChI=1S/C24H25ClN2O4S/c1-14-4-10-17(11-5-14)27-21(28)18-19(22(27)29)24(12-13-32-3,23(30)31-2)26-20(18)15-6-8-16(25)9-7-15/h4-11,18-20,26H,12-13H2,1-3H3/t18-,19-,20-,24+/m0/s1. The average Bonchev–Trinajstić information content (AvgIpc) is 3.27. The highest BCUT2D eigenvalue weighted by Crippen LogP contribution is 2.51. The minimum absolute atomic E-state index is 0.314. The molecule has 0 spiro atoms. The van der Waals surface area contributed by atoms with Gasteiger partial charge in [-0.25, -0.2) is 4.90 Å². The van der Waals surface area contributed by atoms with Crippen molar-refractivity contribution in [2.24, 2.45) is 11.8 Å². The number of anilines is 1. The van der Waals surface area contributed by atoms with Gasteiger partial charge in [0.15, 0.2) is 0 Å². The number of rotatable bonds is 6. The Hall–Kier alpha value is -2.35. The summed E-state index contributed by atoms with van der Waals surface area (Å²) >= 11 is 7.64. The Balaban J connectivity index is 1.85. The molecule has 0 radical (unpaired) electrons. The SMILES string of the molecule is COC(=O)[C@]1(CCSC)N[C@@H](c2ccc(Cl)cc2)[C@H]2C(=O)N(c3ccc(C)cc3)C(=O)[C@H]21. The number of nitrogens with one attached hydrogen (secondary N) is 1. The summed E-state index contributed by atoms with van der Waals surface area (Å²) in [5.41, 5.74) is 1.04. The maximum absolute atomic E-state index is 13.7. The van der Waals surface area contributed by atoms with Gasteiger partial charge in [0.05, 0.1) is 24.6 Å². The van der Waals surface area contributed by atoms with E-state index < -0.39 is 29.4 Å². The van der Waals surface area contributed by atoms with Gasteiger partial charge in [-0.2, -0.15) is 11.8 Å². The van der Waals surface area contributed by atoms with E-state index in [0.29, 0.717) is 22.9 Å². The fourth-order valence-corrected chi connectivity index (χ4v) is 5.52. The smallest absolute Gasteiger partial charge is 0.326 e. The van der Waals surface area contributed by atoms with Gasteiger partial charge < -0.3 is 4.74 Å². The summed E-state index contributed by atoms with van der Waals surface area (Å²) < 4.78 is 5.17. The first-order chi connectivity index (χ1) is 15.3. The molecule has 2 heterocycles. The van der Waals surface area contributed by atoms with Gasteiger partial charge >= 0.3 is 5.97 Å².